The Bertz CT molecular complexity index is 650. The van der Waals surface area contributed by atoms with Gasteiger partial charge < -0.3 is 14.2 Å². The van der Waals surface area contributed by atoms with E-state index in [4.69, 9.17) is 14.2 Å². The molecule has 0 aliphatic rings. The van der Waals surface area contributed by atoms with Crippen molar-refractivity contribution in [1.29, 1.82) is 0 Å². The highest BCUT2D eigenvalue weighted by Crippen LogP contribution is 2.45. The predicted octanol–water partition coefficient (Wildman–Crippen LogP) is 4.13. The summed E-state index contributed by atoms with van der Waals surface area (Å²) in [4.78, 5) is 0. The summed E-state index contributed by atoms with van der Waals surface area (Å²) in [5.41, 5.74) is 2.76. The van der Waals surface area contributed by atoms with Gasteiger partial charge in [-0.15, -0.1) is 0 Å². The number of ether oxygens (including phenoxy) is 3. The van der Waals surface area contributed by atoms with Crippen molar-refractivity contribution in [2.24, 2.45) is 0 Å². The van der Waals surface area contributed by atoms with Gasteiger partial charge in [-0.25, -0.2) is 4.39 Å². The van der Waals surface area contributed by atoms with Crippen LogP contribution in [-0.4, -0.2) is 21.3 Å². The summed E-state index contributed by atoms with van der Waals surface area (Å²) in [5, 5.41) is 0. The van der Waals surface area contributed by atoms with Crippen molar-refractivity contribution in [3.05, 3.63) is 59.8 Å². The van der Waals surface area contributed by atoms with Crippen LogP contribution in [0, 0.1) is 19.7 Å². The van der Waals surface area contributed by atoms with Gasteiger partial charge in [0.15, 0.2) is 11.5 Å². The summed E-state index contributed by atoms with van der Waals surface area (Å²) in [6.45, 7) is 6.17. The van der Waals surface area contributed by atoms with Crippen molar-refractivity contribution < 1.29 is 18.6 Å². The molecular formula is C18H20FO3. The first-order valence-corrected chi connectivity index (χ1v) is 6.91. The van der Waals surface area contributed by atoms with Gasteiger partial charge in [0.05, 0.1) is 21.3 Å². The van der Waals surface area contributed by atoms with Crippen LogP contribution in [-0.2, 0) is 0 Å². The van der Waals surface area contributed by atoms with E-state index in [1.165, 1.54) is 12.1 Å². The average molecular weight is 303 g/mol. The van der Waals surface area contributed by atoms with E-state index >= 15 is 0 Å². The number of hydrogen-bond acceptors (Lipinski definition) is 3. The molecule has 2 aromatic rings. The second kappa shape index (κ2) is 6.69. The first-order chi connectivity index (χ1) is 10.5. The van der Waals surface area contributed by atoms with Gasteiger partial charge in [0.1, 0.15) is 5.82 Å². The van der Waals surface area contributed by atoms with E-state index in [0.717, 1.165) is 16.7 Å². The van der Waals surface area contributed by atoms with Gasteiger partial charge in [0.2, 0.25) is 5.75 Å². The highest BCUT2D eigenvalue weighted by molar-refractivity contribution is 5.61. The van der Waals surface area contributed by atoms with Crippen molar-refractivity contribution in [2.45, 2.75) is 12.8 Å². The third-order valence-corrected chi connectivity index (χ3v) is 3.70. The maximum atomic E-state index is 13.1. The number of hydrogen-bond donors (Lipinski definition) is 0. The Morgan fingerprint density at radius 2 is 1.55 bits per heavy atom. The smallest absolute Gasteiger partial charge is 0.203 e. The number of aryl methyl sites for hydroxylation is 1. The second-order valence-electron chi connectivity index (χ2n) is 4.98. The number of halogens is 1. The molecule has 4 heteroatoms. The first-order valence-electron chi connectivity index (χ1n) is 6.91. The SMILES string of the molecule is [CH2]C(c1ccc(F)cc1)c1c(C)cc(OC)c(OC)c1OC. The second-order valence-corrected chi connectivity index (χ2v) is 4.98. The molecule has 0 saturated carbocycles. The molecule has 0 spiro atoms. The minimum Gasteiger partial charge on any atom is -0.493 e. The number of rotatable bonds is 5. The molecule has 0 bridgehead atoms. The molecule has 0 saturated heterocycles. The third kappa shape index (κ3) is 2.86. The van der Waals surface area contributed by atoms with Crippen LogP contribution in [0.4, 0.5) is 4.39 Å². The minimum absolute atomic E-state index is 0.213. The number of methoxy groups -OCH3 is 3. The summed E-state index contributed by atoms with van der Waals surface area (Å²) in [5.74, 6) is 1.24. The maximum absolute atomic E-state index is 13.1. The van der Waals surface area contributed by atoms with Crippen molar-refractivity contribution in [3.63, 3.8) is 0 Å². The fraction of sp³-hybridized carbons (Fsp3) is 0.278. The standard InChI is InChI=1S/C18H20FO3/c1-11-10-15(20-3)17(21-4)18(22-5)16(11)12(2)13-6-8-14(19)9-7-13/h6-10,12H,2H2,1,3-5H3. The normalized spacial score (nSPS) is 11.9. The van der Waals surface area contributed by atoms with Crippen molar-refractivity contribution >= 4 is 0 Å². The molecule has 0 aliphatic carbocycles. The third-order valence-electron chi connectivity index (χ3n) is 3.70. The Morgan fingerprint density at radius 1 is 0.955 bits per heavy atom. The number of benzene rings is 2. The summed E-state index contributed by atoms with van der Waals surface area (Å²) >= 11 is 0. The van der Waals surface area contributed by atoms with E-state index in [1.54, 1.807) is 33.5 Å². The molecule has 2 aromatic carbocycles. The largest absolute Gasteiger partial charge is 0.493 e. The van der Waals surface area contributed by atoms with Crippen LogP contribution in [0.25, 0.3) is 0 Å². The monoisotopic (exact) mass is 303 g/mol. The van der Waals surface area contributed by atoms with E-state index in [9.17, 15) is 4.39 Å². The molecule has 117 valence electrons. The molecule has 1 radical (unpaired) electrons. The quantitative estimate of drug-likeness (QED) is 0.831. The Kier molecular flexibility index (Phi) is 4.91. The van der Waals surface area contributed by atoms with Gasteiger partial charge in [-0.1, -0.05) is 12.1 Å². The summed E-state index contributed by atoms with van der Waals surface area (Å²) in [7, 11) is 4.73. The lowest BCUT2D eigenvalue weighted by Gasteiger charge is -2.22. The lowest BCUT2D eigenvalue weighted by atomic mass is 9.88. The van der Waals surface area contributed by atoms with Crippen LogP contribution in [0.3, 0.4) is 0 Å². The molecule has 22 heavy (non-hydrogen) atoms. The van der Waals surface area contributed by atoms with E-state index < -0.39 is 0 Å². The van der Waals surface area contributed by atoms with E-state index in [0.29, 0.717) is 17.2 Å². The zero-order valence-electron chi connectivity index (χ0n) is 13.3. The molecular weight excluding hydrogens is 283 g/mol. The molecule has 0 aromatic heterocycles. The van der Waals surface area contributed by atoms with Crippen molar-refractivity contribution in [1.82, 2.24) is 0 Å². The Balaban J connectivity index is 2.60. The molecule has 2 rings (SSSR count). The van der Waals surface area contributed by atoms with Crippen LogP contribution in [0.1, 0.15) is 22.6 Å². The Morgan fingerprint density at radius 3 is 2.05 bits per heavy atom. The van der Waals surface area contributed by atoms with E-state index in [1.807, 2.05) is 13.0 Å². The van der Waals surface area contributed by atoms with Gasteiger partial charge in [0, 0.05) is 11.5 Å². The van der Waals surface area contributed by atoms with Crippen molar-refractivity contribution in [3.8, 4) is 17.2 Å². The van der Waals surface area contributed by atoms with Crippen LogP contribution < -0.4 is 14.2 Å². The van der Waals surface area contributed by atoms with Gasteiger partial charge in [-0.3, -0.25) is 0 Å². The summed E-state index contributed by atoms with van der Waals surface area (Å²) in [6, 6.07) is 8.19. The van der Waals surface area contributed by atoms with Crippen LogP contribution >= 0.6 is 0 Å². The Labute approximate surface area is 130 Å². The predicted molar refractivity (Wildman–Crippen MR) is 84.4 cm³/mol. The lowest BCUT2D eigenvalue weighted by molar-refractivity contribution is 0.321. The summed E-state index contributed by atoms with van der Waals surface area (Å²) in [6.07, 6.45) is 0. The molecule has 3 nitrogen and oxygen atoms in total. The lowest BCUT2D eigenvalue weighted by Crippen LogP contribution is -2.06. The topological polar surface area (TPSA) is 27.7 Å². The molecule has 1 unspecified atom stereocenters. The molecule has 0 amide bonds. The van der Waals surface area contributed by atoms with E-state index in [2.05, 4.69) is 6.92 Å². The highest BCUT2D eigenvalue weighted by Gasteiger charge is 2.23. The molecule has 0 N–H and O–H groups in total. The fourth-order valence-corrected chi connectivity index (χ4v) is 2.60. The first kappa shape index (κ1) is 16.1. The maximum Gasteiger partial charge on any atom is 0.203 e. The van der Waals surface area contributed by atoms with Crippen LogP contribution in [0.5, 0.6) is 17.2 Å². The van der Waals surface area contributed by atoms with Gasteiger partial charge in [-0.05, 0) is 43.2 Å². The highest BCUT2D eigenvalue weighted by atomic mass is 19.1. The van der Waals surface area contributed by atoms with Gasteiger partial charge in [-0.2, -0.15) is 0 Å². The van der Waals surface area contributed by atoms with Crippen molar-refractivity contribution in [2.75, 3.05) is 21.3 Å². The van der Waals surface area contributed by atoms with Gasteiger partial charge >= 0.3 is 0 Å². The molecule has 0 fully saturated rings. The zero-order chi connectivity index (χ0) is 16.3. The molecule has 1 atom stereocenters. The summed E-state index contributed by atoms with van der Waals surface area (Å²) < 4.78 is 29.4. The Hall–Kier alpha value is -2.23. The van der Waals surface area contributed by atoms with Crippen LogP contribution in [0.2, 0.25) is 0 Å². The fourth-order valence-electron chi connectivity index (χ4n) is 2.60. The van der Waals surface area contributed by atoms with Gasteiger partial charge in [0.25, 0.3) is 0 Å². The zero-order valence-corrected chi connectivity index (χ0v) is 13.3. The molecule has 0 aliphatic heterocycles. The molecule has 0 heterocycles. The van der Waals surface area contributed by atoms with E-state index in [-0.39, 0.29) is 11.7 Å². The average Bonchev–Trinajstić information content (AvgIpc) is 2.53. The van der Waals surface area contributed by atoms with Crippen LogP contribution in [0.15, 0.2) is 30.3 Å². The minimum atomic E-state index is -0.271.